The predicted octanol–water partition coefficient (Wildman–Crippen LogP) is 3.75. The minimum Gasteiger partial charge on any atom is -0.395 e. The van der Waals surface area contributed by atoms with E-state index in [2.05, 4.69) is 51.3 Å². The van der Waals surface area contributed by atoms with Crippen molar-refractivity contribution in [2.24, 2.45) is 11.7 Å². The maximum Gasteiger partial charge on any atom is 0.312 e. The first-order chi connectivity index (χ1) is 35.0. The Labute approximate surface area is 433 Å². The summed E-state index contributed by atoms with van der Waals surface area (Å²) in [5, 5.41) is 27.7. The second-order valence-electron chi connectivity index (χ2n) is 18.2. The zero-order chi connectivity index (χ0) is 52.6. The van der Waals surface area contributed by atoms with Crippen molar-refractivity contribution in [2.45, 2.75) is 84.8 Å². The predicted molar refractivity (Wildman–Crippen MR) is 278 cm³/mol. The van der Waals surface area contributed by atoms with Gasteiger partial charge in [-0.2, -0.15) is 0 Å². The number of nitrogens with one attached hydrogen (secondary N) is 6. The van der Waals surface area contributed by atoms with E-state index < -0.39 is 29.9 Å². The molecule has 0 radical (unpaired) electrons. The van der Waals surface area contributed by atoms with Gasteiger partial charge >= 0.3 is 6.03 Å². The number of thiazole rings is 1. The zero-order valence-corrected chi connectivity index (χ0v) is 43.1. The Morgan fingerprint density at radius 3 is 2.29 bits per heavy atom. The maximum atomic E-state index is 13.9. The molecule has 2 aromatic heterocycles. The summed E-state index contributed by atoms with van der Waals surface area (Å²) in [6.45, 7) is 11.8. The van der Waals surface area contributed by atoms with Gasteiger partial charge in [-0.05, 0) is 67.9 Å². The molecule has 6 rings (SSSR count). The summed E-state index contributed by atoms with van der Waals surface area (Å²) >= 11 is 7.54. The molecule has 9 N–H and O–H groups in total. The third kappa shape index (κ3) is 16.0. The number of halogens is 1. The Kier molecular flexibility index (Phi) is 20.2. The molecule has 2 aliphatic heterocycles. The number of carbonyl (C=O) groups is 7. The summed E-state index contributed by atoms with van der Waals surface area (Å²) < 4.78 is 2.10. The van der Waals surface area contributed by atoms with E-state index in [-0.39, 0.29) is 62.1 Å². The molecule has 390 valence electrons. The smallest absolute Gasteiger partial charge is 0.312 e. The third-order valence-electron chi connectivity index (χ3n) is 12.4. The minimum atomic E-state index is -1.03. The highest BCUT2D eigenvalue weighted by Crippen LogP contribution is 2.29. The van der Waals surface area contributed by atoms with Gasteiger partial charge in [0.1, 0.15) is 17.0 Å². The van der Waals surface area contributed by atoms with Crippen LogP contribution in [0.4, 0.5) is 32.9 Å². The molecule has 2 aromatic carbocycles. The molecule has 8 amide bonds. The number of aromatic nitrogens is 3. The largest absolute Gasteiger partial charge is 0.395 e. The minimum absolute atomic E-state index is 0.0746. The van der Waals surface area contributed by atoms with Crippen LogP contribution >= 0.6 is 22.9 Å². The number of primary amides is 1. The van der Waals surface area contributed by atoms with Crippen LogP contribution in [-0.4, -0.2) is 131 Å². The summed E-state index contributed by atoms with van der Waals surface area (Å²) in [4.78, 5) is 104. The second-order valence-corrected chi connectivity index (χ2v) is 19.6. The normalized spacial score (nSPS) is 14.5. The van der Waals surface area contributed by atoms with Gasteiger partial charge in [-0.1, -0.05) is 72.5 Å². The number of anilines is 5. The zero-order valence-electron chi connectivity index (χ0n) is 41.5. The summed E-state index contributed by atoms with van der Waals surface area (Å²) in [6.07, 6.45) is 6.16. The number of hydrogen-bond donors (Lipinski definition) is 8. The average molecular weight is 1040 g/mol. The first-order valence-corrected chi connectivity index (χ1v) is 25.5. The van der Waals surface area contributed by atoms with Gasteiger partial charge in [0.15, 0.2) is 5.13 Å². The van der Waals surface area contributed by atoms with Crippen molar-refractivity contribution in [3.63, 3.8) is 0 Å². The Bertz CT molecular complexity index is 2620. The molecule has 0 spiro atoms. The van der Waals surface area contributed by atoms with Crippen LogP contribution in [0.15, 0.2) is 66.9 Å². The van der Waals surface area contributed by atoms with Crippen LogP contribution in [-0.2, 0) is 30.5 Å². The molecule has 4 heterocycles. The van der Waals surface area contributed by atoms with Gasteiger partial charge in [0.05, 0.1) is 49.2 Å². The van der Waals surface area contributed by atoms with E-state index in [0.29, 0.717) is 89.9 Å². The summed E-state index contributed by atoms with van der Waals surface area (Å²) in [5.41, 5.74) is 8.01. The van der Waals surface area contributed by atoms with Crippen molar-refractivity contribution >= 4 is 92.6 Å². The number of nitrogens with two attached hydrogens (primary N) is 1. The molecule has 23 heteroatoms. The lowest BCUT2D eigenvalue weighted by atomic mass is 10.0. The van der Waals surface area contributed by atoms with Gasteiger partial charge in [0.2, 0.25) is 35.2 Å². The van der Waals surface area contributed by atoms with Crippen molar-refractivity contribution in [1.29, 1.82) is 0 Å². The molecule has 1 fully saturated rings. The van der Waals surface area contributed by atoms with Crippen LogP contribution in [0.2, 0.25) is 5.02 Å². The molecule has 21 nitrogen and oxygen atoms in total. The summed E-state index contributed by atoms with van der Waals surface area (Å²) in [7, 11) is 0. The van der Waals surface area contributed by atoms with E-state index in [1.165, 1.54) is 29.7 Å². The van der Waals surface area contributed by atoms with Crippen molar-refractivity contribution < 1.29 is 43.2 Å². The van der Waals surface area contributed by atoms with Crippen LogP contribution in [0, 0.1) is 19.8 Å². The standard InChI is InChI=1S/C50H64ClN13O8S/c1-31(2)44(59-40(66)13-6-5-7-21-63-42(67)18-19-43(63)68)48(71)57-37(12-9-20-53-49(52)72)46(69)56-35-16-14-34(15-17-35)30-64-33(4)55-39(28-41(64)62-24-22-61(23-25-62)26-27-65)58-50-54-29-38(73-50)47(70)60-45-32(3)10-8-11-36(45)51/h8,10-11,14-19,28-29,31,37,44,65H,5-7,9,12-13,20-27,30H2,1-4H3,(H7,52,53,56,57,59,60,66,69,70,71,72)/p+1/t37-,44-/m0/s1. The molecule has 0 unspecified atom stereocenters. The van der Waals surface area contributed by atoms with E-state index in [1.807, 2.05) is 44.2 Å². The van der Waals surface area contributed by atoms with E-state index in [0.717, 1.165) is 34.9 Å². The first kappa shape index (κ1) is 55.3. The van der Waals surface area contributed by atoms with Crippen molar-refractivity contribution in [1.82, 2.24) is 35.7 Å². The number of hydrogen-bond acceptors (Lipinski definition) is 14. The van der Waals surface area contributed by atoms with E-state index >= 15 is 0 Å². The van der Waals surface area contributed by atoms with Gasteiger partial charge in [-0.15, -0.1) is 0 Å². The van der Waals surface area contributed by atoms with Crippen LogP contribution in [0.1, 0.15) is 79.0 Å². The fraction of sp³-hybridized carbons (Fsp3) is 0.440. The first-order valence-electron chi connectivity index (χ1n) is 24.3. The number of amides is 8. The Morgan fingerprint density at radius 2 is 1.62 bits per heavy atom. The topological polar surface area (TPSA) is 277 Å². The van der Waals surface area contributed by atoms with Gasteiger partial charge in [-0.25, -0.2) is 14.3 Å². The fourth-order valence-corrected chi connectivity index (χ4v) is 9.31. The number of aliphatic hydroxyl groups is 1. The number of aliphatic hydroxyl groups excluding tert-OH is 1. The quantitative estimate of drug-likeness (QED) is 0.0267. The van der Waals surface area contributed by atoms with Gasteiger partial charge in [0.25, 0.3) is 17.7 Å². The number of aryl methyl sites for hydroxylation is 2. The number of imide groups is 1. The Balaban J connectivity index is 1.11. The molecule has 2 aliphatic rings. The number of para-hydroxylation sites is 1. The molecule has 2 atom stereocenters. The molecule has 0 aliphatic carbocycles. The van der Waals surface area contributed by atoms with Crippen molar-refractivity contribution in [3.8, 4) is 0 Å². The molecular weight excluding hydrogens is 978 g/mol. The lowest BCUT2D eigenvalue weighted by Crippen LogP contribution is -2.54. The van der Waals surface area contributed by atoms with Crippen LogP contribution in [0.3, 0.4) is 0 Å². The van der Waals surface area contributed by atoms with Crippen LogP contribution in [0.25, 0.3) is 0 Å². The highest BCUT2D eigenvalue weighted by atomic mass is 35.5. The lowest BCUT2D eigenvalue weighted by molar-refractivity contribution is -0.685. The number of piperazine rings is 1. The fourth-order valence-electron chi connectivity index (χ4n) is 8.33. The molecule has 0 bridgehead atoms. The monoisotopic (exact) mass is 1040 g/mol. The highest BCUT2D eigenvalue weighted by molar-refractivity contribution is 7.17. The summed E-state index contributed by atoms with van der Waals surface area (Å²) in [6, 6.07) is 12.0. The Morgan fingerprint density at radius 1 is 0.890 bits per heavy atom. The number of carbonyl (C=O) groups excluding carboxylic acids is 7. The summed E-state index contributed by atoms with van der Waals surface area (Å²) in [5.74, 6) is -0.632. The van der Waals surface area contributed by atoms with E-state index in [9.17, 15) is 38.7 Å². The molecule has 0 saturated carbocycles. The number of unbranched alkanes of at least 4 members (excludes halogenated alkanes) is 2. The molecule has 1 saturated heterocycles. The van der Waals surface area contributed by atoms with Gasteiger partial charge in [0, 0.05) is 63.9 Å². The van der Waals surface area contributed by atoms with Crippen molar-refractivity contribution in [2.75, 3.05) is 73.3 Å². The third-order valence-corrected chi connectivity index (χ3v) is 13.6. The number of rotatable bonds is 25. The lowest BCUT2D eigenvalue weighted by Gasteiger charge is -2.33. The van der Waals surface area contributed by atoms with Crippen molar-refractivity contribution in [3.05, 3.63) is 93.7 Å². The number of nitrogens with zero attached hydrogens (tertiary/aromatic N) is 6. The highest BCUT2D eigenvalue weighted by Gasteiger charge is 2.30. The number of β-amino-alcohol motifs (C(OH)–C–C–N with tert-alkyl or cyclic N) is 1. The van der Waals surface area contributed by atoms with Gasteiger partial charge < -0.3 is 42.7 Å². The van der Waals surface area contributed by atoms with Crippen LogP contribution in [0.5, 0.6) is 0 Å². The van der Waals surface area contributed by atoms with E-state index in [1.54, 1.807) is 32.0 Å². The van der Waals surface area contributed by atoms with Gasteiger partial charge in [-0.3, -0.25) is 43.5 Å². The van der Waals surface area contributed by atoms with Crippen LogP contribution < -0.4 is 47.1 Å². The van der Waals surface area contributed by atoms with E-state index in [4.69, 9.17) is 22.3 Å². The average Bonchev–Trinajstić information content (AvgIpc) is 3.96. The molecule has 4 aromatic rings. The molecular formula is C50H65ClN13O8S+. The maximum absolute atomic E-state index is 13.9. The second kappa shape index (κ2) is 26.6. The number of benzene rings is 2. The Hall–Kier alpha value is -7.01. The number of urea groups is 1. The molecule has 73 heavy (non-hydrogen) atoms. The SMILES string of the molecule is Cc1cccc(Cl)c1NC(=O)c1cnc(Nc2cc(N3CCN(CCO)CC3)[n+](Cc3ccc(NC(=O)[C@H](CCCNC(N)=O)NC(=O)[C@@H](NC(=O)CCCCCN4C(=O)C=CC4=O)C(C)C)cc3)c(C)n2)s1.